The summed E-state index contributed by atoms with van der Waals surface area (Å²) in [5.41, 5.74) is -1.07. The molecule has 0 saturated heterocycles. The van der Waals surface area contributed by atoms with Gasteiger partial charge in [0.05, 0.1) is 6.10 Å². The molecular formula is C15H16F2O3. The smallest absolute Gasteiger partial charge is 0.326 e. The van der Waals surface area contributed by atoms with Gasteiger partial charge in [-0.05, 0) is 31.9 Å². The highest BCUT2D eigenvalue weighted by Crippen LogP contribution is 2.43. The Hall–Kier alpha value is -1.78. The molecule has 0 radical (unpaired) electrons. The maximum Gasteiger partial charge on any atom is 0.326 e. The van der Waals surface area contributed by atoms with Crippen molar-refractivity contribution in [3.8, 4) is 0 Å². The van der Waals surface area contributed by atoms with Crippen LogP contribution < -0.4 is 0 Å². The van der Waals surface area contributed by atoms with Crippen molar-refractivity contribution in [2.24, 2.45) is 5.41 Å². The maximum absolute atomic E-state index is 13.5. The van der Waals surface area contributed by atoms with Crippen LogP contribution in [0.1, 0.15) is 35.3 Å². The number of rotatable bonds is 3. The lowest BCUT2D eigenvalue weighted by molar-refractivity contribution is -0.164. The summed E-state index contributed by atoms with van der Waals surface area (Å²) in [6.45, 7) is 4.80. The summed E-state index contributed by atoms with van der Waals surface area (Å²) in [6, 6.07) is 4.97. The first kappa shape index (κ1) is 14.6. The van der Waals surface area contributed by atoms with E-state index in [4.69, 9.17) is 4.74 Å². The van der Waals surface area contributed by atoms with E-state index < -0.39 is 29.7 Å². The van der Waals surface area contributed by atoms with Crippen LogP contribution >= 0.6 is 0 Å². The number of alkyl halides is 2. The van der Waals surface area contributed by atoms with E-state index in [0.29, 0.717) is 11.1 Å². The lowest BCUT2D eigenvalue weighted by Crippen LogP contribution is -2.45. The van der Waals surface area contributed by atoms with Crippen molar-refractivity contribution in [1.29, 1.82) is 0 Å². The molecule has 0 heterocycles. The lowest BCUT2D eigenvalue weighted by atomic mass is 9.83. The number of carbonyl (C=O) groups is 2. The Morgan fingerprint density at radius 1 is 1.35 bits per heavy atom. The van der Waals surface area contributed by atoms with E-state index in [1.807, 2.05) is 0 Å². The van der Waals surface area contributed by atoms with Gasteiger partial charge < -0.3 is 4.74 Å². The Bertz CT molecular complexity index is 566. The number of hydrogen-bond donors (Lipinski definition) is 0. The third kappa shape index (κ3) is 2.01. The standard InChI is InChI=1S/C15H16F2O3/c1-8(2)20-14(19)15(13(16)17)7-10-6-4-5-9(3)11(10)12(15)18/h4-6,8,13H,7H2,1-3H3. The van der Waals surface area contributed by atoms with E-state index in [2.05, 4.69) is 0 Å². The molecule has 5 heteroatoms. The fourth-order valence-corrected chi connectivity index (χ4v) is 2.55. The highest BCUT2D eigenvalue weighted by molar-refractivity contribution is 6.17. The molecule has 0 fully saturated rings. The third-order valence-corrected chi connectivity index (χ3v) is 3.54. The molecule has 3 nitrogen and oxygen atoms in total. The molecule has 20 heavy (non-hydrogen) atoms. The monoisotopic (exact) mass is 282 g/mol. The summed E-state index contributed by atoms with van der Waals surface area (Å²) in [5.74, 6) is -1.96. The number of halogens is 2. The van der Waals surface area contributed by atoms with Crippen LogP contribution in [-0.4, -0.2) is 24.3 Å². The predicted molar refractivity (Wildman–Crippen MR) is 68.9 cm³/mol. The molecule has 0 aromatic heterocycles. The van der Waals surface area contributed by atoms with Crippen LogP contribution in [0.15, 0.2) is 18.2 Å². The molecule has 0 aliphatic heterocycles. The van der Waals surface area contributed by atoms with Gasteiger partial charge in [0.1, 0.15) is 0 Å². The largest absolute Gasteiger partial charge is 0.462 e. The summed E-state index contributed by atoms with van der Waals surface area (Å²) < 4.78 is 31.9. The summed E-state index contributed by atoms with van der Waals surface area (Å²) in [4.78, 5) is 24.5. The van der Waals surface area contributed by atoms with Gasteiger partial charge in [-0.1, -0.05) is 18.2 Å². The average Bonchev–Trinajstić information content (AvgIpc) is 2.64. The third-order valence-electron chi connectivity index (χ3n) is 3.54. The van der Waals surface area contributed by atoms with E-state index >= 15 is 0 Å². The van der Waals surface area contributed by atoms with Crippen molar-refractivity contribution in [2.75, 3.05) is 0 Å². The molecule has 2 rings (SSSR count). The van der Waals surface area contributed by atoms with Crippen LogP contribution in [0.5, 0.6) is 0 Å². The summed E-state index contributed by atoms with van der Waals surface area (Å²) in [7, 11) is 0. The molecule has 1 aliphatic rings. The minimum absolute atomic E-state index is 0.230. The zero-order valence-corrected chi connectivity index (χ0v) is 11.6. The lowest BCUT2D eigenvalue weighted by Gasteiger charge is -2.25. The van der Waals surface area contributed by atoms with Gasteiger partial charge in [0.25, 0.3) is 6.43 Å². The van der Waals surface area contributed by atoms with Gasteiger partial charge in [-0.15, -0.1) is 0 Å². The van der Waals surface area contributed by atoms with E-state index in [1.54, 1.807) is 39.0 Å². The second kappa shape index (κ2) is 4.96. The van der Waals surface area contributed by atoms with E-state index in [0.717, 1.165) is 0 Å². The van der Waals surface area contributed by atoms with Crippen LogP contribution in [0.2, 0.25) is 0 Å². The average molecular weight is 282 g/mol. The fraction of sp³-hybridized carbons (Fsp3) is 0.467. The molecule has 0 spiro atoms. The van der Waals surface area contributed by atoms with Gasteiger partial charge in [-0.3, -0.25) is 9.59 Å². The van der Waals surface area contributed by atoms with Crippen LogP contribution in [0.25, 0.3) is 0 Å². The zero-order valence-electron chi connectivity index (χ0n) is 11.6. The van der Waals surface area contributed by atoms with Crippen molar-refractivity contribution in [3.05, 3.63) is 34.9 Å². The topological polar surface area (TPSA) is 43.4 Å². The van der Waals surface area contributed by atoms with Crippen molar-refractivity contribution < 1.29 is 23.1 Å². The predicted octanol–water partition coefficient (Wildman–Crippen LogP) is 2.94. The van der Waals surface area contributed by atoms with E-state index in [9.17, 15) is 18.4 Å². The molecule has 0 amide bonds. The SMILES string of the molecule is Cc1cccc2c1C(=O)C(C(=O)OC(C)C)(C(F)F)C2. The number of carbonyl (C=O) groups excluding carboxylic acids is 2. The summed E-state index contributed by atoms with van der Waals surface area (Å²) in [6.07, 6.45) is -3.93. The van der Waals surface area contributed by atoms with Crippen molar-refractivity contribution in [3.63, 3.8) is 0 Å². The summed E-state index contributed by atoms with van der Waals surface area (Å²) >= 11 is 0. The Labute approximate surface area is 115 Å². The van der Waals surface area contributed by atoms with Crippen molar-refractivity contribution >= 4 is 11.8 Å². The van der Waals surface area contributed by atoms with Crippen molar-refractivity contribution in [2.45, 2.75) is 39.7 Å². The molecule has 1 unspecified atom stereocenters. The van der Waals surface area contributed by atoms with Crippen LogP contribution in [0, 0.1) is 12.3 Å². The molecule has 1 atom stereocenters. The summed E-state index contributed by atoms with van der Waals surface area (Å²) in [5, 5.41) is 0. The number of Topliss-reactive ketones (excluding diaryl/α,β-unsaturated/α-hetero) is 1. The quantitative estimate of drug-likeness (QED) is 0.632. The van der Waals surface area contributed by atoms with Crippen LogP contribution in [0.3, 0.4) is 0 Å². The Balaban J connectivity index is 2.51. The van der Waals surface area contributed by atoms with Gasteiger partial charge in [0.2, 0.25) is 0 Å². The Morgan fingerprint density at radius 3 is 2.50 bits per heavy atom. The van der Waals surface area contributed by atoms with Gasteiger partial charge in [0, 0.05) is 12.0 Å². The number of ether oxygens (including phenoxy) is 1. The minimum atomic E-state index is -3.09. The number of ketones is 1. The highest BCUT2D eigenvalue weighted by Gasteiger charge is 2.60. The zero-order chi connectivity index (χ0) is 15.1. The van der Waals surface area contributed by atoms with Crippen molar-refractivity contribution in [1.82, 2.24) is 0 Å². The number of fused-ring (bicyclic) bond motifs is 1. The van der Waals surface area contributed by atoms with E-state index in [-0.39, 0.29) is 12.0 Å². The normalized spacial score (nSPS) is 21.4. The molecule has 0 saturated carbocycles. The number of benzene rings is 1. The van der Waals surface area contributed by atoms with E-state index in [1.165, 1.54) is 0 Å². The Morgan fingerprint density at radius 2 is 2.00 bits per heavy atom. The molecule has 1 aromatic carbocycles. The minimum Gasteiger partial charge on any atom is -0.462 e. The molecule has 1 aliphatic carbocycles. The fourth-order valence-electron chi connectivity index (χ4n) is 2.55. The molecule has 1 aromatic rings. The van der Waals surface area contributed by atoms with Gasteiger partial charge in [-0.25, -0.2) is 8.78 Å². The second-order valence-electron chi connectivity index (χ2n) is 5.34. The Kier molecular flexibility index (Phi) is 3.63. The number of aryl methyl sites for hydroxylation is 1. The molecule has 0 bridgehead atoms. The second-order valence-corrected chi connectivity index (χ2v) is 5.34. The first-order chi connectivity index (χ1) is 9.30. The maximum atomic E-state index is 13.5. The van der Waals surface area contributed by atoms with Gasteiger partial charge in [-0.2, -0.15) is 0 Å². The first-order valence-electron chi connectivity index (χ1n) is 6.43. The molecular weight excluding hydrogens is 266 g/mol. The van der Waals surface area contributed by atoms with Crippen LogP contribution in [-0.2, 0) is 16.0 Å². The molecule has 0 N–H and O–H groups in total. The first-order valence-corrected chi connectivity index (χ1v) is 6.43. The number of hydrogen-bond acceptors (Lipinski definition) is 3. The van der Waals surface area contributed by atoms with Crippen LogP contribution in [0.4, 0.5) is 8.78 Å². The van der Waals surface area contributed by atoms with Gasteiger partial charge >= 0.3 is 5.97 Å². The highest BCUT2D eigenvalue weighted by atomic mass is 19.3. The molecule has 108 valence electrons. The number of esters is 1. The van der Waals surface area contributed by atoms with Gasteiger partial charge in [0.15, 0.2) is 11.2 Å².